The number of halogens is 2. The fourth-order valence-corrected chi connectivity index (χ4v) is 5.61. The van der Waals surface area contributed by atoms with E-state index in [4.69, 9.17) is 11.6 Å². The summed E-state index contributed by atoms with van der Waals surface area (Å²) in [6.07, 6.45) is 3.03. The number of carbonyl (C=O) groups excluding carboxylic acids is 2. The zero-order valence-electron chi connectivity index (χ0n) is 22.0. The molecule has 2 amide bonds. The van der Waals surface area contributed by atoms with E-state index < -0.39 is 28.5 Å². The van der Waals surface area contributed by atoms with E-state index in [9.17, 15) is 18.0 Å². The number of nitrogens with zero attached hydrogens (tertiary/aromatic N) is 2. The van der Waals surface area contributed by atoms with Crippen LogP contribution < -0.4 is 9.62 Å². The minimum atomic E-state index is -3.85. The maximum Gasteiger partial charge on any atom is 0.244 e. The summed E-state index contributed by atoms with van der Waals surface area (Å²) >= 11 is 9.60. The maximum absolute atomic E-state index is 14.0. The third-order valence-electron chi connectivity index (χ3n) is 6.12. The second-order valence-electron chi connectivity index (χ2n) is 9.25. The molecule has 1 atom stereocenters. The van der Waals surface area contributed by atoms with Gasteiger partial charge < -0.3 is 10.2 Å². The molecule has 0 heterocycles. The number of nitrogens with one attached hydrogen (secondary N) is 1. The molecule has 1 N–H and O–H groups in total. The van der Waals surface area contributed by atoms with E-state index in [1.54, 1.807) is 18.2 Å². The fourth-order valence-electron chi connectivity index (χ4n) is 4.14. The molecule has 0 fully saturated rings. The third-order valence-corrected chi connectivity index (χ3v) is 7.99. The number of amides is 2. The number of hydrogen-bond donors (Lipinski definition) is 1. The summed E-state index contributed by atoms with van der Waals surface area (Å²) in [6, 6.07) is 22.4. The van der Waals surface area contributed by atoms with Crippen molar-refractivity contribution in [2.24, 2.45) is 0 Å². The summed E-state index contributed by atoms with van der Waals surface area (Å²) < 4.78 is 27.4. The molecular weight excluding hydrogens is 602 g/mol. The van der Waals surface area contributed by atoms with Gasteiger partial charge in [0, 0.05) is 29.0 Å². The second kappa shape index (κ2) is 14.5. The molecule has 0 saturated heterocycles. The SMILES string of the molecule is CCCCNC(=O)[C@@H](Cc1ccccc1)N(Cc1cccc(Br)c1)C(=O)CN(c1cccc(Cl)c1)S(C)(=O)=O. The maximum atomic E-state index is 14.0. The standard InChI is InChI=1S/C29H33BrClN3O4S/c1-3-4-16-32-29(36)27(18-22-10-6-5-7-11-22)33(20-23-12-8-13-24(30)17-23)28(35)21-34(39(2,37)38)26-15-9-14-25(31)19-26/h5-15,17,19,27H,3-4,16,18,20-21H2,1-2H3,(H,32,36)/t27-/m1/s1. The minimum absolute atomic E-state index is 0.115. The first-order valence-electron chi connectivity index (χ1n) is 12.7. The van der Waals surface area contributed by atoms with Crippen LogP contribution in [0, 0.1) is 0 Å². The summed E-state index contributed by atoms with van der Waals surface area (Å²) in [4.78, 5) is 29.0. The lowest BCUT2D eigenvalue weighted by molar-refractivity contribution is -0.140. The van der Waals surface area contributed by atoms with Crippen molar-refractivity contribution in [3.8, 4) is 0 Å². The molecule has 0 aliphatic heterocycles. The molecule has 0 radical (unpaired) electrons. The highest BCUT2D eigenvalue weighted by molar-refractivity contribution is 9.10. The number of carbonyl (C=O) groups is 2. The van der Waals surface area contributed by atoms with Gasteiger partial charge in [0.05, 0.1) is 11.9 Å². The highest BCUT2D eigenvalue weighted by Crippen LogP contribution is 2.23. The largest absolute Gasteiger partial charge is 0.354 e. The van der Waals surface area contributed by atoms with Crippen molar-refractivity contribution in [1.82, 2.24) is 10.2 Å². The van der Waals surface area contributed by atoms with Crippen molar-refractivity contribution >= 4 is 55.1 Å². The highest BCUT2D eigenvalue weighted by Gasteiger charge is 2.33. The molecule has 3 aromatic rings. The Bertz CT molecular complexity index is 1370. The van der Waals surface area contributed by atoms with Crippen molar-refractivity contribution in [3.05, 3.63) is 99.5 Å². The van der Waals surface area contributed by atoms with E-state index in [0.29, 0.717) is 11.6 Å². The summed E-state index contributed by atoms with van der Waals surface area (Å²) in [5, 5.41) is 3.31. The second-order valence-corrected chi connectivity index (χ2v) is 12.5. The molecule has 0 unspecified atom stereocenters. The van der Waals surface area contributed by atoms with Crippen LogP contribution in [0.5, 0.6) is 0 Å². The van der Waals surface area contributed by atoms with Crippen LogP contribution in [-0.2, 0) is 32.6 Å². The molecular formula is C29H33BrClN3O4S. The summed E-state index contributed by atoms with van der Waals surface area (Å²) in [7, 11) is -3.85. The predicted molar refractivity (Wildman–Crippen MR) is 160 cm³/mol. The van der Waals surface area contributed by atoms with Crippen LogP contribution in [0.15, 0.2) is 83.3 Å². The van der Waals surface area contributed by atoms with Gasteiger partial charge >= 0.3 is 0 Å². The van der Waals surface area contributed by atoms with Crippen molar-refractivity contribution in [2.75, 3.05) is 23.7 Å². The Balaban J connectivity index is 2.03. The Morgan fingerprint density at radius 2 is 1.67 bits per heavy atom. The van der Waals surface area contributed by atoms with Crippen LogP contribution in [0.4, 0.5) is 5.69 Å². The van der Waals surface area contributed by atoms with Crippen LogP contribution in [0.2, 0.25) is 5.02 Å². The Morgan fingerprint density at radius 3 is 2.31 bits per heavy atom. The van der Waals surface area contributed by atoms with Crippen molar-refractivity contribution < 1.29 is 18.0 Å². The van der Waals surface area contributed by atoms with Gasteiger partial charge in [0.1, 0.15) is 12.6 Å². The molecule has 208 valence electrons. The lowest BCUT2D eigenvalue weighted by atomic mass is 10.0. The third kappa shape index (κ3) is 9.37. The lowest BCUT2D eigenvalue weighted by Crippen LogP contribution is -2.53. The molecule has 39 heavy (non-hydrogen) atoms. The number of hydrogen-bond acceptors (Lipinski definition) is 4. The molecule has 0 saturated carbocycles. The van der Waals surface area contributed by atoms with Crippen LogP contribution in [0.3, 0.4) is 0 Å². The van der Waals surface area contributed by atoms with Gasteiger partial charge in [0.25, 0.3) is 0 Å². The van der Waals surface area contributed by atoms with Crippen LogP contribution in [0.25, 0.3) is 0 Å². The topological polar surface area (TPSA) is 86.8 Å². The number of rotatable bonds is 13. The molecule has 0 aromatic heterocycles. The van der Waals surface area contributed by atoms with E-state index in [1.165, 1.54) is 11.0 Å². The van der Waals surface area contributed by atoms with Gasteiger partial charge in [-0.2, -0.15) is 0 Å². The Kier molecular flexibility index (Phi) is 11.4. The van der Waals surface area contributed by atoms with E-state index in [-0.39, 0.29) is 24.6 Å². The number of sulfonamides is 1. The number of anilines is 1. The molecule has 7 nitrogen and oxygen atoms in total. The van der Waals surface area contributed by atoms with Gasteiger partial charge in [-0.15, -0.1) is 0 Å². The molecule has 0 spiro atoms. The van der Waals surface area contributed by atoms with Gasteiger partial charge in [-0.25, -0.2) is 8.42 Å². The van der Waals surface area contributed by atoms with Crippen molar-refractivity contribution in [2.45, 2.75) is 38.8 Å². The monoisotopic (exact) mass is 633 g/mol. The Labute approximate surface area is 244 Å². The normalized spacial score (nSPS) is 12.0. The lowest BCUT2D eigenvalue weighted by Gasteiger charge is -2.33. The average molecular weight is 635 g/mol. The van der Waals surface area contributed by atoms with Gasteiger partial charge in [-0.3, -0.25) is 13.9 Å². The molecule has 0 aliphatic rings. The zero-order chi connectivity index (χ0) is 28.4. The molecule has 10 heteroatoms. The van der Waals surface area contributed by atoms with Gasteiger partial charge in [-0.1, -0.05) is 89.4 Å². The van der Waals surface area contributed by atoms with Crippen molar-refractivity contribution in [3.63, 3.8) is 0 Å². The van der Waals surface area contributed by atoms with E-state index in [0.717, 1.165) is 39.0 Å². The van der Waals surface area contributed by atoms with Crippen LogP contribution in [-0.4, -0.2) is 50.5 Å². The van der Waals surface area contributed by atoms with E-state index in [2.05, 4.69) is 21.2 Å². The van der Waals surface area contributed by atoms with Gasteiger partial charge in [-0.05, 0) is 47.9 Å². The summed E-state index contributed by atoms with van der Waals surface area (Å²) in [5.74, 6) is -0.795. The first kappa shape index (κ1) is 30.7. The van der Waals surface area contributed by atoms with E-state index in [1.807, 2.05) is 61.5 Å². The van der Waals surface area contributed by atoms with Crippen molar-refractivity contribution in [1.29, 1.82) is 0 Å². The quantitative estimate of drug-likeness (QED) is 0.254. The van der Waals surface area contributed by atoms with Crippen LogP contribution in [0.1, 0.15) is 30.9 Å². The predicted octanol–water partition coefficient (Wildman–Crippen LogP) is 5.42. The van der Waals surface area contributed by atoms with Gasteiger partial charge in [0.2, 0.25) is 21.8 Å². The molecule has 0 aliphatic carbocycles. The molecule has 0 bridgehead atoms. The summed E-state index contributed by atoms with van der Waals surface area (Å²) in [5.41, 5.74) is 1.95. The number of benzene rings is 3. The Hall–Kier alpha value is -2.88. The summed E-state index contributed by atoms with van der Waals surface area (Å²) in [6.45, 7) is 2.15. The molecule has 3 rings (SSSR count). The smallest absolute Gasteiger partial charge is 0.244 e. The Morgan fingerprint density at radius 1 is 0.974 bits per heavy atom. The highest BCUT2D eigenvalue weighted by atomic mass is 79.9. The molecule has 3 aromatic carbocycles. The number of unbranched alkanes of at least 4 members (excludes halogenated alkanes) is 1. The first-order valence-corrected chi connectivity index (χ1v) is 15.7. The van der Waals surface area contributed by atoms with Gasteiger partial charge in [0.15, 0.2) is 0 Å². The fraction of sp³-hybridized carbons (Fsp3) is 0.310. The average Bonchev–Trinajstić information content (AvgIpc) is 2.89. The minimum Gasteiger partial charge on any atom is -0.354 e. The van der Waals surface area contributed by atoms with Crippen LogP contribution >= 0.6 is 27.5 Å². The first-order chi connectivity index (χ1) is 18.6. The zero-order valence-corrected chi connectivity index (χ0v) is 25.2. The van der Waals surface area contributed by atoms with E-state index >= 15 is 0 Å².